The Balaban J connectivity index is 1.99. The van der Waals surface area contributed by atoms with E-state index in [2.05, 4.69) is 10.3 Å². The minimum absolute atomic E-state index is 0.292. The highest BCUT2D eigenvalue weighted by Gasteiger charge is 2.31. The van der Waals surface area contributed by atoms with Crippen LogP contribution < -0.4 is 5.32 Å². The summed E-state index contributed by atoms with van der Waals surface area (Å²) in [6.07, 6.45) is 5.96. The molecule has 0 spiro atoms. The van der Waals surface area contributed by atoms with Crippen LogP contribution in [0.1, 0.15) is 29.6 Å². The van der Waals surface area contributed by atoms with Crippen molar-refractivity contribution < 1.29 is 14.3 Å². The van der Waals surface area contributed by atoms with Gasteiger partial charge in [-0.3, -0.25) is 9.78 Å². The number of hydrogen-bond acceptors (Lipinski definition) is 4. The van der Waals surface area contributed by atoms with Crippen LogP contribution >= 0.6 is 0 Å². The fraction of sp³-hybridized carbons (Fsp3) is 0.462. The maximum absolute atomic E-state index is 11.9. The Morgan fingerprint density at radius 3 is 2.89 bits per heavy atom. The number of methoxy groups -OCH3 is 1. The summed E-state index contributed by atoms with van der Waals surface area (Å²) in [5.74, 6) is -0.151. The van der Waals surface area contributed by atoms with Gasteiger partial charge in [0.15, 0.2) is 0 Å². The van der Waals surface area contributed by atoms with Crippen LogP contribution in [0.5, 0.6) is 0 Å². The Morgan fingerprint density at radius 2 is 2.33 bits per heavy atom. The van der Waals surface area contributed by atoms with Crippen molar-refractivity contribution in [3.05, 3.63) is 30.1 Å². The molecule has 1 aliphatic carbocycles. The van der Waals surface area contributed by atoms with E-state index >= 15 is 0 Å². The molecule has 18 heavy (non-hydrogen) atoms. The Morgan fingerprint density at radius 1 is 1.56 bits per heavy atom. The summed E-state index contributed by atoms with van der Waals surface area (Å²) >= 11 is 0. The lowest BCUT2D eigenvalue weighted by Gasteiger charge is -2.15. The number of amides is 1. The molecule has 1 fully saturated rings. The van der Waals surface area contributed by atoms with Crippen molar-refractivity contribution in [1.82, 2.24) is 10.3 Å². The fourth-order valence-electron chi connectivity index (χ4n) is 1.78. The lowest BCUT2D eigenvalue weighted by atomic mass is 10.1. The second-order valence-electron chi connectivity index (χ2n) is 4.47. The Labute approximate surface area is 106 Å². The second-order valence-corrected chi connectivity index (χ2v) is 4.47. The largest absolute Gasteiger partial charge is 0.467 e. The van der Waals surface area contributed by atoms with E-state index in [4.69, 9.17) is 4.74 Å². The number of nitrogens with one attached hydrogen (secondary N) is 1. The predicted octanol–water partition coefficient (Wildman–Crippen LogP) is 1.15. The quantitative estimate of drug-likeness (QED) is 0.794. The van der Waals surface area contributed by atoms with Crippen molar-refractivity contribution in [2.24, 2.45) is 5.92 Å². The molecule has 0 aromatic carbocycles. The van der Waals surface area contributed by atoms with Gasteiger partial charge in [-0.1, -0.05) is 12.8 Å². The minimum atomic E-state index is -0.560. The molecule has 0 saturated heterocycles. The monoisotopic (exact) mass is 248 g/mol. The second kappa shape index (κ2) is 5.62. The molecule has 1 heterocycles. The Hall–Kier alpha value is -1.91. The topological polar surface area (TPSA) is 68.3 Å². The van der Waals surface area contributed by atoms with Crippen molar-refractivity contribution in [3.8, 4) is 0 Å². The van der Waals surface area contributed by atoms with Gasteiger partial charge in [-0.25, -0.2) is 4.79 Å². The van der Waals surface area contributed by atoms with Gasteiger partial charge in [0.05, 0.1) is 12.7 Å². The molecule has 0 aliphatic heterocycles. The number of rotatable bonds is 5. The number of pyridine rings is 1. The van der Waals surface area contributed by atoms with Crippen LogP contribution in [0.3, 0.4) is 0 Å². The first kappa shape index (κ1) is 12.5. The molecule has 1 saturated carbocycles. The van der Waals surface area contributed by atoms with Crippen molar-refractivity contribution in [3.63, 3.8) is 0 Å². The normalized spacial score (nSPS) is 15.8. The van der Waals surface area contributed by atoms with Gasteiger partial charge in [0.1, 0.15) is 6.04 Å². The smallest absolute Gasteiger partial charge is 0.328 e. The van der Waals surface area contributed by atoms with Gasteiger partial charge in [0.25, 0.3) is 5.91 Å². The minimum Gasteiger partial charge on any atom is -0.467 e. The van der Waals surface area contributed by atoms with E-state index in [0.29, 0.717) is 17.9 Å². The number of nitrogens with zero attached hydrogens (tertiary/aromatic N) is 1. The highest BCUT2D eigenvalue weighted by Crippen LogP contribution is 2.33. The Bertz CT molecular complexity index is 429. The maximum Gasteiger partial charge on any atom is 0.328 e. The summed E-state index contributed by atoms with van der Waals surface area (Å²) in [4.78, 5) is 27.4. The van der Waals surface area contributed by atoms with Crippen molar-refractivity contribution >= 4 is 11.9 Å². The molecule has 5 nitrogen and oxygen atoms in total. The summed E-state index contributed by atoms with van der Waals surface area (Å²) in [7, 11) is 1.33. The molecule has 5 heteroatoms. The summed E-state index contributed by atoms with van der Waals surface area (Å²) in [5, 5.41) is 2.70. The van der Waals surface area contributed by atoms with Crippen LogP contribution in [0.15, 0.2) is 24.5 Å². The molecule has 0 bridgehead atoms. The van der Waals surface area contributed by atoms with Crippen LogP contribution in [0.2, 0.25) is 0 Å². The number of hydrogen-bond donors (Lipinski definition) is 1. The van der Waals surface area contributed by atoms with E-state index in [-0.39, 0.29) is 11.9 Å². The van der Waals surface area contributed by atoms with Gasteiger partial charge < -0.3 is 10.1 Å². The first-order chi connectivity index (χ1) is 8.70. The highest BCUT2D eigenvalue weighted by atomic mass is 16.5. The SMILES string of the molecule is COC(=O)[C@H](CC1CC1)NC(=O)c1cccnc1. The third kappa shape index (κ3) is 3.29. The van der Waals surface area contributed by atoms with E-state index < -0.39 is 6.04 Å². The van der Waals surface area contributed by atoms with Gasteiger partial charge in [-0.2, -0.15) is 0 Å². The molecule has 1 atom stereocenters. The summed E-state index contributed by atoms with van der Waals surface area (Å²) in [6.45, 7) is 0. The zero-order valence-corrected chi connectivity index (χ0v) is 10.3. The zero-order valence-electron chi connectivity index (χ0n) is 10.3. The van der Waals surface area contributed by atoms with Gasteiger partial charge in [0, 0.05) is 12.4 Å². The van der Waals surface area contributed by atoms with Crippen LogP contribution in [0.4, 0.5) is 0 Å². The van der Waals surface area contributed by atoms with Gasteiger partial charge in [-0.05, 0) is 24.5 Å². The highest BCUT2D eigenvalue weighted by molar-refractivity contribution is 5.96. The van der Waals surface area contributed by atoms with Crippen LogP contribution in [-0.4, -0.2) is 30.0 Å². The molecule has 1 aliphatic rings. The number of esters is 1. The fourth-order valence-corrected chi connectivity index (χ4v) is 1.78. The molecule has 1 aromatic heterocycles. The lowest BCUT2D eigenvalue weighted by Crippen LogP contribution is -2.41. The summed E-state index contributed by atoms with van der Waals surface area (Å²) in [5.41, 5.74) is 0.446. The van der Waals surface area contributed by atoms with Crippen LogP contribution in [-0.2, 0) is 9.53 Å². The first-order valence-electron chi connectivity index (χ1n) is 5.99. The van der Waals surface area contributed by atoms with Gasteiger partial charge in [0.2, 0.25) is 0 Å². The average Bonchev–Trinajstić information content (AvgIpc) is 3.22. The third-order valence-corrected chi connectivity index (χ3v) is 2.98. The first-order valence-corrected chi connectivity index (χ1v) is 5.99. The van der Waals surface area contributed by atoms with Crippen molar-refractivity contribution in [2.45, 2.75) is 25.3 Å². The molecule has 1 N–H and O–H groups in total. The lowest BCUT2D eigenvalue weighted by molar-refractivity contribution is -0.143. The molecule has 1 amide bonds. The standard InChI is InChI=1S/C13H16N2O3/c1-18-13(17)11(7-9-4-5-9)15-12(16)10-3-2-6-14-8-10/h2-3,6,8-9,11H,4-5,7H2,1H3,(H,15,16)/t11-/m0/s1. The number of aromatic nitrogens is 1. The summed E-state index contributed by atoms with van der Waals surface area (Å²) < 4.78 is 4.71. The van der Waals surface area contributed by atoms with E-state index in [9.17, 15) is 9.59 Å². The maximum atomic E-state index is 11.9. The Kier molecular flexibility index (Phi) is 3.92. The van der Waals surface area contributed by atoms with E-state index in [0.717, 1.165) is 12.8 Å². The van der Waals surface area contributed by atoms with Crippen molar-refractivity contribution in [1.29, 1.82) is 0 Å². The molecule has 96 valence electrons. The molecule has 1 aromatic rings. The molecular weight excluding hydrogens is 232 g/mol. The molecular formula is C13H16N2O3. The van der Waals surface area contributed by atoms with Crippen LogP contribution in [0, 0.1) is 5.92 Å². The van der Waals surface area contributed by atoms with Gasteiger partial charge >= 0.3 is 5.97 Å². The van der Waals surface area contributed by atoms with Crippen LogP contribution in [0.25, 0.3) is 0 Å². The van der Waals surface area contributed by atoms with E-state index in [1.54, 1.807) is 18.3 Å². The molecule has 0 radical (unpaired) electrons. The number of carbonyl (C=O) groups is 2. The summed E-state index contributed by atoms with van der Waals surface area (Å²) in [6, 6.07) is 2.78. The molecule has 2 rings (SSSR count). The zero-order chi connectivity index (χ0) is 13.0. The van der Waals surface area contributed by atoms with E-state index in [1.165, 1.54) is 13.3 Å². The third-order valence-electron chi connectivity index (χ3n) is 2.98. The number of carbonyl (C=O) groups excluding carboxylic acids is 2. The average molecular weight is 248 g/mol. The number of ether oxygens (including phenoxy) is 1. The van der Waals surface area contributed by atoms with Crippen molar-refractivity contribution in [2.75, 3.05) is 7.11 Å². The van der Waals surface area contributed by atoms with E-state index in [1.807, 2.05) is 0 Å². The predicted molar refractivity (Wildman–Crippen MR) is 64.8 cm³/mol. The van der Waals surface area contributed by atoms with Gasteiger partial charge in [-0.15, -0.1) is 0 Å². The molecule has 0 unspecified atom stereocenters.